The fourth-order valence-corrected chi connectivity index (χ4v) is 4.26. The van der Waals surface area contributed by atoms with E-state index >= 15 is 0 Å². The molecule has 0 spiro atoms. The lowest BCUT2D eigenvalue weighted by molar-refractivity contribution is -0.568. The van der Waals surface area contributed by atoms with Gasteiger partial charge >= 0.3 is 13.7 Å². The zero-order valence-corrected chi connectivity index (χ0v) is 15.0. The van der Waals surface area contributed by atoms with Crippen LogP contribution >= 0.6 is 0 Å². The van der Waals surface area contributed by atoms with Crippen molar-refractivity contribution in [1.29, 1.82) is 0 Å². The Hall–Kier alpha value is -3.01. The molecule has 3 heterocycles. The van der Waals surface area contributed by atoms with Gasteiger partial charge in [-0.25, -0.2) is 9.13 Å². The van der Waals surface area contributed by atoms with Gasteiger partial charge in [0.25, 0.3) is 11.4 Å². The van der Waals surface area contributed by atoms with Gasteiger partial charge in [-0.3, -0.25) is 8.96 Å². The summed E-state index contributed by atoms with van der Waals surface area (Å²) in [6, 6.07) is 21.5. The van der Waals surface area contributed by atoms with Crippen LogP contribution < -0.4 is 31.3 Å². The van der Waals surface area contributed by atoms with Crippen LogP contribution in [0.2, 0.25) is 0 Å². The second-order valence-electron chi connectivity index (χ2n) is 6.98. The summed E-state index contributed by atoms with van der Waals surface area (Å²) >= 11 is 0. The minimum absolute atomic E-state index is 0.160. The lowest BCUT2D eigenvalue weighted by Gasteiger charge is -2.20. The minimum atomic E-state index is 0.160. The molecule has 0 atom stereocenters. The Morgan fingerprint density at radius 2 is 1.00 bits per heavy atom. The second-order valence-corrected chi connectivity index (χ2v) is 6.98. The topological polar surface area (TPSA) is 17.6 Å². The maximum absolute atomic E-state index is 2.42. The summed E-state index contributed by atoms with van der Waals surface area (Å²) < 4.78 is 9.33. The summed E-state index contributed by atoms with van der Waals surface area (Å²) in [7, 11) is 4.27. The molecular weight excluding hydrogens is 318 g/mol. The van der Waals surface area contributed by atoms with Crippen molar-refractivity contribution in [1.82, 2.24) is 9.13 Å². The summed E-state index contributed by atoms with van der Waals surface area (Å²) in [6.45, 7) is 0.319. The maximum atomic E-state index is 2.42. The zero-order valence-electron chi connectivity index (χ0n) is 15.0. The molecule has 0 radical (unpaired) electrons. The van der Waals surface area contributed by atoms with Gasteiger partial charge in [0.05, 0.1) is 14.1 Å². The molecule has 4 aromatic rings. The second kappa shape index (κ2) is 5.77. The zero-order chi connectivity index (χ0) is 17.7. The molecule has 0 saturated carbocycles. The molecule has 5 rings (SSSR count). The number of fused-ring (bicyclic) bond motifs is 2. The molecule has 2 aromatic carbocycles. The highest BCUT2D eigenvalue weighted by Crippen LogP contribution is 1.96. The Morgan fingerprint density at radius 3 is 1.38 bits per heavy atom. The van der Waals surface area contributed by atoms with Gasteiger partial charge in [0.1, 0.15) is 24.8 Å². The molecule has 0 N–H and O–H groups in total. The van der Waals surface area contributed by atoms with Crippen LogP contribution in [0.25, 0.3) is 0 Å². The third-order valence-corrected chi connectivity index (χ3v) is 5.43. The first-order valence-corrected chi connectivity index (χ1v) is 8.98. The van der Waals surface area contributed by atoms with Crippen molar-refractivity contribution in [2.24, 2.45) is 14.1 Å². The highest BCUT2D eigenvalue weighted by atomic mass is 15.2. The van der Waals surface area contributed by atoms with Gasteiger partial charge in [-0.05, 0) is 10.9 Å². The first-order chi connectivity index (χ1) is 12.8. The molecule has 6 heteroatoms. The van der Waals surface area contributed by atoms with Crippen LogP contribution in [-0.2, 0) is 14.1 Å². The summed E-state index contributed by atoms with van der Waals surface area (Å²) in [4.78, 5) is 0. The van der Waals surface area contributed by atoms with Gasteiger partial charge < -0.3 is 0 Å². The number of nitrogens with zero attached hydrogens (tertiary/aromatic N) is 4. The van der Waals surface area contributed by atoms with Gasteiger partial charge in [0, 0.05) is 0 Å². The molecule has 2 aromatic heterocycles. The summed E-state index contributed by atoms with van der Waals surface area (Å²) in [5.74, 6) is 0. The van der Waals surface area contributed by atoms with E-state index in [0.29, 0.717) is 0 Å². The van der Waals surface area contributed by atoms with Crippen LogP contribution in [0, 0.1) is 0 Å². The molecule has 26 heavy (non-hydrogen) atoms. The number of imidazole rings is 2. The van der Waals surface area contributed by atoms with Crippen LogP contribution in [0.15, 0.2) is 85.5 Å². The maximum Gasteiger partial charge on any atom is 0.539 e. The van der Waals surface area contributed by atoms with Crippen LogP contribution in [0.4, 0.5) is 0 Å². The summed E-state index contributed by atoms with van der Waals surface area (Å²) in [6.07, 6.45) is 8.74. The predicted octanol–water partition coefficient (Wildman–Crippen LogP) is -1.44. The van der Waals surface area contributed by atoms with Crippen molar-refractivity contribution in [3.05, 3.63) is 85.5 Å². The fraction of sp³-hybridized carbons (Fsp3) is 0.100. The molecule has 0 aliphatic carbocycles. The first-order valence-electron chi connectivity index (χ1n) is 8.98. The quantitative estimate of drug-likeness (QED) is 0.351. The largest absolute Gasteiger partial charge is 0.539 e. The molecule has 0 unspecified atom stereocenters. The minimum Gasteiger partial charge on any atom is -0.288 e. The molecule has 0 fully saturated rings. The van der Waals surface area contributed by atoms with Crippen LogP contribution in [-0.4, -0.2) is 22.8 Å². The molecule has 0 bridgehead atoms. The number of aryl methyl sites for hydroxylation is 2. The molecular formula is C20H20B2N4+2. The third-order valence-electron chi connectivity index (χ3n) is 5.43. The Morgan fingerprint density at radius 1 is 0.615 bits per heavy atom. The molecule has 0 saturated heterocycles. The lowest BCUT2D eigenvalue weighted by Crippen LogP contribution is -2.92. The van der Waals surface area contributed by atoms with E-state index in [4.69, 9.17) is 0 Å². The standard InChI is InChI=1S/C20H20B2N4/c1-23-13-15-25-19(23)21(17-9-5-3-6-10-17)26-16-14-24(2)20(26)22(25)18-11-7-4-8-12-18/h3-16H,1-2H3/q+2. The van der Waals surface area contributed by atoms with Gasteiger partial charge in [-0.15, -0.1) is 0 Å². The average molecular weight is 338 g/mol. The Balaban J connectivity index is 1.82. The summed E-state index contributed by atoms with van der Waals surface area (Å²) in [5, 5.41) is 0. The van der Waals surface area contributed by atoms with E-state index < -0.39 is 0 Å². The highest BCUT2D eigenvalue weighted by Gasteiger charge is 2.54. The fourth-order valence-electron chi connectivity index (χ4n) is 4.26. The van der Waals surface area contributed by atoms with E-state index in [2.05, 4.69) is 118 Å². The van der Waals surface area contributed by atoms with Crippen molar-refractivity contribution in [2.75, 3.05) is 0 Å². The van der Waals surface area contributed by atoms with Crippen molar-refractivity contribution in [2.45, 2.75) is 0 Å². The van der Waals surface area contributed by atoms with E-state index in [1.54, 1.807) is 0 Å². The van der Waals surface area contributed by atoms with Crippen molar-refractivity contribution >= 4 is 36.1 Å². The van der Waals surface area contributed by atoms with E-state index in [-0.39, 0.29) is 13.7 Å². The smallest absolute Gasteiger partial charge is 0.288 e. The van der Waals surface area contributed by atoms with Gasteiger partial charge in [0.15, 0.2) is 0 Å². The molecule has 124 valence electrons. The number of benzene rings is 2. The number of aromatic nitrogens is 4. The normalized spacial score (nSPS) is 12.8. The van der Waals surface area contributed by atoms with Crippen molar-refractivity contribution in [3.63, 3.8) is 0 Å². The molecule has 4 nitrogen and oxygen atoms in total. The number of hydrogen-bond donors (Lipinski definition) is 0. The Kier molecular flexibility index (Phi) is 3.38. The van der Waals surface area contributed by atoms with Crippen LogP contribution in [0.1, 0.15) is 0 Å². The van der Waals surface area contributed by atoms with Crippen LogP contribution in [0.5, 0.6) is 0 Å². The number of hydrogen-bond acceptors (Lipinski definition) is 0. The van der Waals surface area contributed by atoms with E-state index in [1.165, 1.54) is 22.4 Å². The van der Waals surface area contributed by atoms with E-state index in [9.17, 15) is 0 Å². The Labute approximate surface area is 154 Å². The van der Waals surface area contributed by atoms with Crippen molar-refractivity contribution in [3.8, 4) is 0 Å². The molecule has 1 aliphatic rings. The molecule has 0 amide bonds. The van der Waals surface area contributed by atoms with E-state index in [1.807, 2.05) is 0 Å². The average Bonchev–Trinajstić information content (AvgIpc) is 3.25. The van der Waals surface area contributed by atoms with Gasteiger partial charge in [-0.1, -0.05) is 60.7 Å². The lowest BCUT2D eigenvalue weighted by atomic mass is 9.45. The van der Waals surface area contributed by atoms with Gasteiger partial charge in [-0.2, -0.15) is 0 Å². The predicted molar refractivity (Wildman–Crippen MR) is 105 cm³/mol. The molecule has 1 aliphatic heterocycles. The van der Waals surface area contributed by atoms with Crippen molar-refractivity contribution < 1.29 is 8.96 Å². The van der Waals surface area contributed by atoms with Crippen LogP contribution in [0.3, 0.4) is 0 Å². The monoisotopic (exact) mass is 338 g/mol. The highest BCUT2D eigenvalue weighted by molar-refractivity contribution is 6.83. The number of rotatable bonds is 2. The van der Waals surface area contributed by atoms with E-state index in [0.717, 1.165) is 0 Å². The van der Waals surface area contributed by atoms with Gasteiger partial charge in [0.2, 0.25) is 0 Å². The SMILES string of the molecule is Cn1cc[n+]2c1B(c1ccccc1)[n+]1ccn(C)c1B2c1ccccc1. The third kappa shape index (κ3) is 2.11. The first kappa shape index (κ1) is 15.3. The summed E-state index contributed by atoms with van der Waals surface area (Å²) in [5.41, 5.74) is 5.17. The Bertz CT molecular complexity index is 982.